The van der Waals surface area contributed by atoms with Crippen LogP contribution in [0.4, 0.5) is 0 Å². The van der Waals surface area contributed by atoms with E-state index in [0.717, 1.165) is 0 Å². The molecule has 0 aliphatic heterocycles. The first kappa shape index (κ1) is 16.2. The van der Waals surface area contributed by atoms with Gasteiger partial charge in [-0.25, -0.2) is 0 Å². The van der Waals surface area contributed by atoms with Crippen molar-refractivity contribution in [2.24, 2.45) is 0 Å². The van der Waals surface area contributed by atoms with Gasteiger partial charge in [-0.2, -0.15) is 0 Å². The van der Waals surface area contributed by atoms with Crippen molar-refractivity contribution in [1.82, 2.24) is 9.80 Å². The second-order valence-electron chi connectivity index (χ2n) is 3.90. The van der Waals surface area contributed by atoms with E-state index in [2.05, 4.69) is 13.2 Å². The molecule has 0 unspecified atom stereocenters. The zero-order valence-corrected chi connectivity index (χ0v) is 11.3. The fraction of sp³-hybridized carbons (Fsp3) is 0.429. The molecule has 0 N–H and O–H groups in total. The van der Waals surface area contributed by atoms with E-state index >= 15 is 0 Å². The third-order valence-electron chi connectivity index (χ3n) is 2.41. The molecule has 0 bridgehead atoms. The maximum absolute atomic E-state index is 11.2. The number of nitrogens with zero attached hydrogens (tertiary/aromatic N) is 2. The normalized spacial score (nSPS) is 10.1. The smallest absolute Gasteiger partial charge is 0.220 e. The van der Waals surface area contributed by atoms with Gasteiger partial charge in [0.25, 0.3) is 0 Å². The van der Waals surface area contributed by atoms with Crippen LogP contribution in [0.1, 0.15) is 13.8 Å². The van der Waals surface area contributed by atoms with Gasteiger partial charge >= 0.3 is 0 Å². The molecule has 0 fully saturated rings. The van der Waals surface area contributed by atoms with Crippen LogP contribution in [-0.2, 0) is 9.59 Å². The van der Waals surface area contributed by atoms with Crippen LogP contribution in [0.25, 0.3) is 0 Å². The predicted molar refractivity (Wildman–Crippen MR) is 74.0 cm³/mol. The van der Waals surface area contributed by atoms with Crippen LogP contribution in [0.5, 0.6) is 0 Å². The van der Waals surface area contributed by atoms with Crippen molar-refractivity contribution in [3.05, 3.63) is 37.5 Å². The minimum absolute atomic E-state index is 0.00839. The van der Waals surface area contributed by atoms with E-state index in [1.807, 2.05) is 12.2 Å². The Morgan fingerprint density at radius 1 is 0.833 bits per heavy atom. The molecule has 0 saturated carbocycles. The van der Waals surface area contributed by atoms with E-state index in [9.17, 15) is 9.59 Å². The van der Waals surface area contributed by atoms with Crippen LogP contribution in [0.15, 0.2) is 37.5 Å². The molecule has 2 amide bonds. The Kier molecular flexibility index (Phi) is 8.27. The zero-order chi connectivity index (χ0) is 14.0. The first-order valence-electron chi connectivity index (χ1n) is 5.90. The monoisotopic (exact) mass is 250 g/mol. The van der Waals surface area contributed by atoms with Gasteiger partial charge in [0, 0.05) is 40.0 Å². The SMILES string of the molecule is C=CCN(CC=CCN(CC=C)C(C)=O)C(C)=O. The molecule has 0 saturated heterocycles. The highest BCUT2D eigenvalue weighted by Crippen LogP contribution is 1.94. The molecular weight excluding hydrogens is 228 g/mol. The number of rotatable bonds is 8. The number of carbonyl (C=O) groups is 2. The minimum atomic E-state index is 0.00839. The van der Waals surface area contributed by atoms with E-state index in [0.29, 0.717) is 26.2 Å². The maximum atomic E-state index is 11.2. The van der Waals surface area contributed by atoms with Crippen LogP contribution >= 0.6 is 0 Å². The molecule has 0 aliphatic rings. The van der Waals surface area contributed by atoms with Gasteiger partial charge in [0.05, 0.1) is 0 Å². The molecule has 0 aromatic carbocycles. The Morgan fingerprint density at radius 2 is 1.17 bits per heavy atom. The van der Waals surface area contributed by atoms with E-state index in [1.165, 1.54) is 13.8 Å². The van der Waals surface area contributed by atoms with Crippen molar-refractivity contribution >= 4 is 11.8 Å². The average Bonchev–Trinajstić information content (AvgIpc) is 2.30. The van der Waals surface area contributed by atoms with Crippen molar-refractivity contribution in [3.8, 4) is 0 Å². The van der Waals surface area contributed by atoms with Crippen LogP contribution in [0, 0.1) is 0 Å². The van der Waals surface area contributed by atoms with Gasteiger partial charge in [-0.1, -0.05) is 24.3 Å². The van der Waals surface area contributed by atoms with Gasteiger partial charge in [0.1, 0.15) is 0 Å². The van der Waals surface area contributed by atoms with Gasteiger partial charge in [-0.3, -0.25) is 9.59 Å². The van der Waals surface area contributed by atoms with Crippen molar-refractivity contribution < 1.29 is 9.59 Å². The summed E-state index contributed by atoms with van der Waals surface area (Å²) >= 11 is 0. The molecule has 0 radical (unpaired) electrons. The van der Waals surface area contributed by atoms with Crippen LogP contribution in [-0.4, -0.2) is 47.8 Å². The van der Waals surface area contributed by atoms with Crippen molar-refractivity contribution in [3.63, 3.8) is 0 Å². The summed E-state index contributed by atoms with van der Waals surface area (Å²) in [5.74, 6) is 0.0168. The van der Waals surface area contributed by atoms with Gasteiger partial charge in [-0.05, 0) is 0 Å². The lowest BCUT2D eigenvalue weighted by molar-refractivity contribution is -0.128. The first-order valence-corrected chi connectivity index (χ1v) is 5.90. The number of hydrogen-bond donors (Lipinski definition) is 0. The van der Waals surface area contributed by atoms with Crippen molar-refractivity contribution in [2.75, 3.05) is 26.2 Å². The fourth-order valence-electron chi connectivity index (χ4n) is 1.38. The highest BCUT2D eigenvalue weighted by atomic mass is 16.2. The molecule has 0 atom stereocenters. The topological polar surface area (TPSA) is 40.6 Å². The van der Waals surface area contributed by atoms with Gasteiger partial charge < -0.3 is 9.80 Å². The Hall–Kier alpha value is -1.84. The standard InChI is InChI=1S/C14H22N2O2/c1-5-9-15(13(3)17)11-7-8-12-16(10-6-2)14(4)18/h5-8H,1-2,9-12H2,3-4H3. The van der Waals surface area contributed by atoms with Gasteiger partial charge in [-0.15, -0.1) is 13.2 Å². The maximum Gasteiger partial charge on any atom is 0.220 e. The lowest BCUT2D eigenvalue weighted by Crippen LogP contribution is -2.30. The summed E-state index contributed by atoms with van der Waals surface area (Å²) in [5.41, 5.74) is 0. The summed E-state index contributed by atoms with van der Waals surface area (Å²) in [6, 6.07) is 0. The summed E-state index contributed by atoms with van der Waals surface area (Å²) in [6.07, 6.45) is 7.14. The fourth-order valence-corrected chi connectivity index (χ4v) is 1.38. The second kappa shape index (κ2) is 9.22. The Balaban J connectivity index is 4.21. The highest BCUT2D eigenvalue weighted by molar-refractivity contribution is 5.74. The predicted octanol–water partition coefficient (Wildman–Crippen LogP) is 1.61. The molecule has 0 rings (SSSR count). The lowest BCUT2D eigenvalue weighted by atomic mass is 10.3. The van der Waals surface area contributed by atoms with E-state index < -0.39 is 0 Å². The molecule has 0 aromatic rings. The van der Waals surface area contributed by atoms with Crippen molar-refractivity contribution in [1.29, 1.82) is 0 Å². The third-order valence-corrected chi connectivity index (χ3v) is 2.41. The molecule has 18 heavy (non-hydrogen) atoms. The average molecular weight is 250 g/mol. The van der Waals surface area contributed by atoms with Crippen LogP contribution in [0.2, 0.25) is 0 Å². The van der Waals surface area contributed by atoms with Crippen LogP contribution < -0.4 is 0 Å². The summed E-state index contributed by atoms with van der Waals surface area (Å²) < 4.78 is 0. The number of carbonyl (C=O) groups excluding carboxylic acids is 2. The highest BCUT2D eigenvalue weighted by Gasteiger charge is 2.05. The molecule has 0 aliphatic carbocycles. The Morgan fingerprint density at radius 3 is 1.39 bits per heavy atom. The minimum Gasteiger partial charge on any atom is -0.336 e. The molecule has 0 spiro atoms. The molecule has 4 heteroatoms. The second-order valence-corrected chi connectivity index (χ2v) is 3.90. The third kappa shape index (κ3) is 6.68. The summed E-state index contributed by atoms with van der Waals surface area (Å²) in [6.45, 7) is 12.4. The van der Waals surface area contributed by atoms with Crippen molar-refractivity contribution in [2.45, 2.75) is 13.8 Å². The quantitative estimate of drug-likeness (QED) is 0.614. The molecule has 100 valence electrons. The number of hydrogen-bond acceptors (Lipinski definition) is 2. The summed E-state index contributed by atoms with van der Waals surface area (Å²) in [5, 5.41) is 0. The number of amides is 2. The van der Waals surface area contributed by atoms with E-state index in [-0.39, 0.29) is 11.8 Å². The molecular formula is C14H22N2O2. The van der Waals surface area contributed by atoms with E-state index in [1.54, 1.807) is 22.0 Å². The summed E-state index contributed by atoms with van der Waals surface area (Å²) in [4.78, 5) is 25.8. The Bertz CT molecular complexity index is 303. The zero-order valence-electron chi connectivity index (χ0n) is 11.3. The van der Waals surface area contributed by atoms with Gasteiger partial charge in [0.2, 0.25) is 11.8 Å². The molecule has 0 heterocycles. The summed E-state index contributed by atoms with van der Waals surface area (Å²) in [7, 11) is 0. The lowest BCUT2D eigenvalue weighted by Gasteiger charge is -2.18. The van der Waals surface area contributed by atoms with Crippen LogP contribution in [0.3, 0.4) is 0 Å². The largest absolute Gasteiger partial charge is 0.336 e. The molecule has 0 aromatic heterocycles. The molecule has 4 nitrogen and oxygen atoms in total. The first-order chi connectivity index (χ1) is 8.52. The Labute approximate surface area is 109 Å². The van der Waals surface area contributed by atoms with E-state index in [4.69, 9.17) is 0 Å². The van der Waals surface area contributed by atoms with Gasteiger partial charge in [0.15, 0.2) is 0 Å².